The second-order valence-electron chi connectivity index (χ2n) is 5.76. The van der Waals surface area contributed by atoms with E-state index in [4.69, 9.17) is 10.5 Å². The monoisotopic (exact) mass is 292 g/mol. The Labute approximate surface area is 125 Å². The molecule has 2 N–H and O–H groups in total. The van der Waals surface area contributed by atoms with Gasteiger partial charge in [0.2, 0.25) is 5.91 Å². The molecule has 6 nitrogen and oxygen atoms in total. The van der Waals surface area contributed by atoms with E-state index in [0.717, 1.165) is 19.6 Å². The molecule has 21 heavy (non-hydrogen) atoms. The van der Waals surface area contributed by atoms with E-state index in [9.17, 15) is 4.79 Å². The van der Waals surface area contributed by atoms with Crippen molar-refractivity contribution in [2.75, 3.05) is 39.8 Å². The van der Waals surface area contributed by atoms with Crippen molar-refractivity contribution < 1.29 is 9.53 Å². The number of aryl methyl sites for hydroxylation is 1. The molecular weight excluding hydrogens is 268 g/mol. The second kappa shape index (κ2) is 7.49. The molecule has 2 rings (SSSR count). The number of carbonyl (C=O) groups excluding carboxylic acids is 1. The lowest BCUT2D eigenvalue weighted by Gasteiger charge is -2.34. The number of hydrogen-bond donors (Lipinski definition) is 1. The van der Waals surface area contributed by atoms with Crippen LogP contribution in [0.15, 0.2) is 18.5 Å². The summed E-state index contributed by atoms with van der Waals surface area (Å²) in [6.45, 7) is 6.41. The Morgan fingerprint density at radius 2 is 2.38 bits per heavy atom. The Kier molecular flexibility index (Phi) is 5.67. The number of amides is 1. The van der Waals surface area contributed by atoms with Crippen molar-refractivity contribution in [3.63, 3.8) is 0 Å². The molecule has 1 aliphatic heterocycles. The fourth-order valence-electron chi connectivity index (χ4n) is 2.67. The Hall–Kier alpha value is -1.50. The van der Waals surface area contributed by atoms with Gasteiger partial charge in [-0.2, -0.15) is 0 Å². The maximum Gasteiger partial charge on any atom is 0.231 e. The van der Waals surface area contributed by atoms with Crippen LogP contribution in [0.2, 0.25) is 0 Å². The molecule has 1 amide bonds. The van der Waals surface area contributed by atoms with Gasteiger partial charge in [-0.05, 0) is 25.1 Å². The molecule has 0 radical (unpaired) electrons. The minimum absolute atomic E-state index is 0.112. The number of ether oxygens (including phenoxy) is 1. The average molecular weight is 292 g/mol. The van der Waals surface area contributed by atoms with Crippen LogP contribution in [0.5, 0.6) is 0 Å². The molecule has 0 aliphatic carbocycles. The Morgan fingerprint density at radius 3 is 3.10 bits per heavy atom. The van der Waals surface area contributed by atoms with Crippen LogP contribution in [0.25, 0.3) is 0 Å². The third-order valence-electron chi connectivity index (χ3n) is 3.50. The summed E-state index contributed by atoms with van der Waals surface area (Å²) in [5, 5.41) is 0. The lowest BCUT2D eigenvalue weighted by molar-refractivity contribution is -0.119. The van der Waals surface area contributed by atoms with Gasteiger partial charge in [0, 0.05) is 38.6 Å². The van der Waals surface area contributed by atoms with E-state index in [0.29, 0.717) is 13.2 Å². The molecule has 0 aromatic carbocycles. The van der Waals surface area contributed by atoms with Crippen LogP contribution < -0.4 is 5.73 Å². The van der Waals surface area contributed by atoms with Gasteiger partial charge in [0.25, 0.3) is 0 Å². The third kappa shape index (κ3) is 5.41. The van der Waals surface area contributed by atoms with Gasteiger partial charge in [-0.15, -0.1) is 0 Å². The van der Waals surface area contributed by atoms with Crippen LogP contribution in [-0.2, 0) is 16.1 Å². The molecule has 0 saturated carbocycles. The predicted molar refractivity (Wildman–Crippen MR) is 80.7 cm³/mol. The van der Waals surface area contributed by atoms with Gasteiger partial charge in [0.05, 0.1) is 19.3 Å². The van der Waals surface area contributed by atoms with Crippen molar-refractivity contribution >= 4 is 5.91 Å². The van der Waals surface area contributed by atoms with Crippen LogP contribution in [0.1, 0.15) is 11.1 Å². The first kappa shape index (κ1) is 15.9. The first-order chi connectivity index (χ1) is 10.0. The van der Waals surface area contributed by atoms with E-state index in [1.807, 2.05) is 24.3 Å². The van der Waals surface area contributed by atoms with E-state index in [-0.39, 0.29) is 18.6 Å². The standard InChI is InChI=1S/C15H24N4O2/c1-12-5-13(7-17-6-12)8-19-3-4-21-14(10-19)9-18(2)11-15(16)20/h5-7,14H,3-4,8-11H2,1-2H3,(H2,16,20)/t14-/m1/s1. The van der Waals surface area contributed by atoms with Gasteiger partial charge in [-0.1, -0.05) is 6.07 Å². The van der Waals surface area contributed by atoms with Crippen LogP contribution in [0, 0.1) is 6.92 Å². The fourth-order valence-corrected chi connectivity index (χ4v) is 2.67. The summed E-state index contributed by atoms with van der Waals surface area (Å²) in [5.74, 6) is -0.309. The van der Waals surface area contributed by atoms with Gasteiger partial charge in [-0.3, -0.25) is 19.6 Å². The zero-order valence-electron chi connectivity index (χ0n) is 12.8. The summed E-state index contributed by atoms with van der Waals surface area (Å²) >= 11 is 0. The SMILES string of the molecule is Cc1cncc(CN2CCO[C@H](CN(C)CC(N)=O)C2)c1. The highest BCUT2D eigenvalue weighted by Gasteiger charge is 2.22. The quantitative estimate of drug-likeness (QED) is 0.799. The topological polar surface area (TPSA) is 71.7 Å². The van der Waals surface area contributed by atoms with E-state index in [1.165, 1.54) is 11.1 Å². The summed E-state index contributed by atoms with van der Waals surface area (Å²) in [6.07, 6.45) is 3.89. The third-order valence-corrected chi connectivity index (χ3v) is 3.50. The molecule has 6 heteroatoms. The summed E-state index contributed by atoms with van der Waals surface area (Å²) in [6, 6.07) is 2.16. The van der Waals surface area contributed by atoms with Gasteiger partial charge < -0.3 is 10.5 Å². The zero-order valence-corrected chi connectivity index (χ0v) is 12.8. The van der Waals surface area contributed by atoms with E-state index in [1.54, 1.807) is 0 Å². The minimum Gasteiger partial charge on any atom is -0.374 e. The number of aromatic nitrogens is 1. The van der Waals surface area contributed by atoms with Crippen molar-refractivity contribution in [3.05, 3.63) is 29.6 Å². The summed E-state index contributed by atoms with van der Waals surface area (Å²) in [7, 11) is 1.89. The highest BCUT2D eigenvalue weighted by atomic mass is 16.5. The molecule has 1 aliphatic rings. The molecule has 1 aromatic heterocycles. The average Bonchev–Trinajstić information content (AvgIpc) is 2.37. The predicted octanol–water partition coefficient (Wildman–Crippen LogP) is 0.00792. The van der Waals surface area contributed by atoms with Crippen molar-refractivity contribution in [1.29, 1.82) is 0 Å². The van der Waals surface area contributed by atoms with E-state index >= 15 is 0 Å². The number of rotatable bonds is 6. The number of nitrogens with two attached hydrogens (primary N) is 1. The highest BCUT2D eigenvalue weighted by Crippen LogP contribution is 2.11. The lowest BCUT2D eigenvalue weighted by atomic mass is 10.2. The van der Waals surface area contributed by atoms with Gasteiger partial charge in [0.1, 0.15) is 0 Å². The molecule has 1 aromatic rings. The lowest BCUT2D eigenvalue weighted by Crippen LogP contribution is -2.47. The number of hydrogen-bond acceptors (Lipinski definition) is 5. The van der Waals surface area contributed by atoms with Crippen LogP contribution in [0.4, 0.5) is 0 Å². The highest BCUT2D eigenvalue weighted by molar-refractivity contribution is 5.75. The maximum absolute atomic E-state index is 10.9. The largest absolute Gasteiger partial charge is 0.374 e. The first-order valence-electron chi connectivity index (χ1n) is 7.24. The molecule has 0 spiro atoms. The Bertz CT molecular complexity index is 480. The van der Waals surface area contributed by atoms with Crippen molar-refractivity contribution in [2.24, 2.45) is 5.73 Å². The molecule has 1 saturated heterocycles. The normalized spacial score (nSPS) is 19.9. The number of nitrogens with zero attached hydrogens (tertiary/aromatic N) is 3. The van der Waals surface area contributed by atoms with Crippen LogP contribution in [-0.4, -0.2) is 66.6 Å². The number of carbonyl (C=O) groups is 1. The van der Waals surface area contributed by atoms with Crippen molar-refractivity contribution in [2.45, 2.75) is 19.6 Å². The number of pyridine rings is 1. The van der Waals surface area contributed by atoms with Crippen LogP contribution >= 0.6 is 0 Å². The molecule has 1 atom stereocenters. The smallest absolute Gasteiger partial charge is 0.231 e. The summed E-state index contributed by atoms with van der Waals surface area (Å²) in [4.78, 5) is 19.4. The zero-order chi connectivity index (χ0) is 15.2. The van der Waals surface area contributed by atoms with E-state index < -0.39 is 0 Å². The Balaban J connectivity index is 1.84. The van der Waals surface area contributed by atoms with Crippen molar-refractivity contribution in [3.8, 4) is 0 Å². The molecule has 2 heterocycles. The van der Waals surface area contributed by atoms with Crippen molar-refractivity contribution in [1.82, 2.24) is 14.8 Å². The van der Waals surface area contributed by atoms with Gasteiger partial charge >= 0.3 is 0 Å². The molecule has 1 fully saturated rings. The second-order valence-corrected chi connectivity index (χ2v) is 5.76. The molecule has 0 unspecified atom stereocenters. The minimum atomic E-state index is -0.309. The number of primary amides is 1. The van der Waals surface area contributed by atoms with Gasteiger partial charge in [0.15, 0.2) is 0 Å². The van der Waals surface area contributed by atoms with Gasteiger partial charge in [-0.25, -0.2) is 0 Å². The summed E-state index contributed by atoms with van der Waals surface area (Å²) in [5.41, 5.74) is 7.61. The maximum atomic E-state index is 10.9. The van der Waals surface area contributed by atoms with E-state index in [2.05, 4.69) is 22.9 Å². The summed E-state index contributed by atoms with van der Waals surface area (Å²) < 4.78 is 5.77. The van der Waals surface area contributed by atoms with Crippen LogP contribution in [0.3, 0.4) is 0 Å². The number of likely N-dealkylation sites (N-methyl/N-ethyl adjacent to an activating group) is 1. The molecule has 116 valence electrons. The molecular formula is C15H24N4O2. The first-order valence-corrected chi connectivity index (χ1v) is 7.24. The Morgan fingerprint density at radius 1 is 1.57 bits per heavy atom. The molecule has 0 bridgehead atoms. The number of morpholine rings is 1. The fraction of sp³-hybridized carbons (Fsp3) is 0.600.